The van der Waals surface area contributed by atoms with Gasteiger partial charge in [0.1, 0.15) is 0 Å². The van der Waals surface area contributed by atoms with Crippen molar-refractivity contribution in [1.29, 1.82) is 0 Å². The predicted octanol–water partition coefficient (Wildman–Crippen LogP) is 1.71. The number of anilines is 2. The molecule has 0 heterocycles. The van der Waals surface area contributed by atoms with Gasteiger partial charge in [-0.05, 0) is 31.0 Å². The Hall–Kier alpha value is -1.30. The van der Waals surface area contributed by atoms with Crippen LogP contribution < -0.4 is 11.1 Å². The van der Waals surface area contributed by atoms with Gasteiger partial charge in [0.25, 0.3) is 0 Å². The van der Waals surface area contributed by atoms with E-state index in [1.165, 1.54) is 6.42 Å². The minimum Gasteiger partial charge on any atom is -0.399 e. The monoisotopic (exact) mass is 297 g/mol. The number of aliphatic hydroxyl groups excluding tert-OH is 1. The molecule has 1 aromatic rings. The maximum atomic E-state index is 12.1. The first kappa shape index (κ1) is 15.1. The normalized spacial score (nSPS) is 15.2. The molecule has 0 saturated heterocycles. The lowest BCUT2D eigenvalue weighted by Gasteiger charge is -2.36. The summed E-state index contributed by atoms with van der Waals surface area (Å²) < 4.78 is 0. The molecule has 0 unspecified atom stereocenters. The fourth-order valence-electron chi connectivity index (χ4n) is 2.28. The summed E-state index contributed by atoms with van der Waals surface area (Å²) in [5.74, 6) is -0.128. The van der Waals surface area contributed by atoms with Gasteiger partial charge >= 0.3 is 0 Å². The first-order chi connectivity index (χ1) is 9.60. The Morgan fingerprint density at radius 3 is 2.80 bits per heavy atom. The van der Waals surface area contributed by atoms with Gasteiger partial charge in [-0.2, -0.15) is 0 Å². The van der Waals surface area contributed by atoms with Crippen LogP contribution in [-0.2, 0) is 4.79 Å². The number of nitrogens with zero attached hydrogens (tertiary/aromatic N) is 1. The third kappa shape index (κ3) is 3.85. The van der Waals surface area contributed by atoms with E-state index >= 15 is 0 Å². The Morgan fingerprint density at radius 1 is 1.50 bits per heavy atom. The van der Waals surface area contributed by atoms with Gasteiger partial charge in [0, 0.05) is 18.3 Å². The van der Waals surface area contributed by atoms with Gasteiger partial charge in [0.2, 0.25) is 5.91 Å². The van der Waals surface area contributed by atoms with Crippen molar-refractivity contribution in [3.8, 4) is 0 Å². The van der Waals surface area contributed by atoms with Crippen molar-refractivity contribution in [3.05, 3.63) is 23.2 Å². The molecule has 1 aliphatic carbocycles. The molecule has 0 aromatic heterocycles. The summed E-state index contributed by atoms with van der Waals surface area (Å²) in [7, 11) is 0. The Morgan fingerprint density at radius 2 is 2.25 bits per heavy atom. The maximum Gasteiger partial charge on any atom is 0.238 e. The highest BCUT2D eigenvalue weighted by atomic mass is 35.5. The molecule has 1 fully saturated rings. The van der Waals surface area contributed by atoms with Crippen molar-refractivity contribution in [2.45, 2.75) is 25.3 Å². The summed E-state index contributed by atoms with van der Waals surface area (Å²) in [6, 6.07) is 5.40. The fraction of sp³-hybridized carbons (Fsp3) is 0.500. The largest absolute Gasteiger partial charge is 0.399 e. The van der Waals surface area contributed by atoms with Gasteiger partial charge in [-0.1, -0.05) is 18.0 Å². The van der Waals surface area contributed by atoms with Crippen LogP contribution in [0.1, 0.15) is 19.3 Å². The molecule has 0 spiro atoms. The Kier molecular flexibility index (Phi) is 5.23. The summed E-state index contributed by atoms with van der Waals surface area (Å²) in [5, 5.41) is 12.3. The number of nitrogen functional groups attached to an aromatic ring is 1. The van der Waals surface area contributed by atoms with E-state index in [2.05, 4.69) is 5.32 Å². The summed E-state index contributed by atoms with van der Waals surface area (Å²) in [6.45, 7) is 0.853. The van der Waals surface area contributed by atoms with E-state index in [1.54, 1.807) is 18.2 Å². The number of rotatable bonds is 6. The van der Waals surface area contributed by atoms with Crippen molar-refractivity contribution in [1.82, 2.24) is 4.90 Å². The van der Waals surface area contributed by atoms with Gasteiger partial charge in [0.05, 0.1) is 23.9 Å². The standard InChI is InChI=1S/C14H20ClN3O2/c15-12-8-10(16)4-5-13(12)17-14(20)9-18(6-7-19)11-2-1-3-11/h4-5,8,11,19H,1-3,6-7,9,16H2,(H,17,20). The quantitative estimate of drug-likeness (QED) is 0.699. The molecule has 0 aliphatic heterocycles. The van der Waals surface area contributed by atoms with E-state index < -0.39 is 0 Å². The van der Waals surface area contributed by atoms with Gasteiger partial charge in [0.15, 0.2) is 0 Å². The first-order valence-corrected chi connectivity index (χ1v) is 7.17. The van der Waals surface area contributed by atoms with Crippen LogP contribution in [0.3, 0.4) is 0 Å². The van der Waals surface area contributed by atoms with E-state index in [1.807, 2.05) is 4.90 Å². The molecule has 0 atom stereocenters. The van der Waals surface area contributed by atoms with Crippen molar-refractivity contribution < 1.29 is 9.90 Å². The fourth-order valence-corrected chi connectivity index (χ4v) is 2.51. The van der Waals surface area contributed by atoms with Crippen molar-refractivity contribution in [2.24, 2.45) is 0 Å². The number of benzene rings is 1. The molecule has 1 aliphatic rings. The average molecular weight is 298 g/mol. The molecule has 0 radical (unpaired) electrons. The van der Waals surface area contributed by atoms with Gasteiger partial charge in [-0.25, -0.2) is 0 Å². The zero-order valence-electron chi connectivity index (χ0n) is 11.3. The molecule has 1 saturated carbocycles. The minimum absolute atomic E-state index is 0.0619. The van der Waals surface area contributed by atoms with E-state index in [0.717, 1.165) is 12.8 Å². The van der Waals surface area contributed by atoms with E-state index in [0.29, 0.717) is 29.0 Å². The summed E-state index contributed by atoms with van der Waals surface area (Å²) in [6.07, 6.45) is 3.38. The highest BCUT2D eigenvalue weighted by Crippen LogP contribution is 2.26. The molecule has 1 aromatic carbocycles. The van der Waals surface area contributed by atoms with Crippen molar-refractivity contribution in [3.63, 3.8) is 0 Å². The smallest absolute Gasteiger partial charge is 0.238 e. The zero-order valence-corrected chi connectivity index (χ0v) is 12.1. The zero-order chi connectivity index (χ0) is 14.5. The van der Waals surface area contributed by atoms with Crippen molar-refractivity contribution >= 4 is 28.9 Å². The number of nitrogens with two attached hydrogens (primary N) is 1. The number of carbonyl (C=O) groups is 1. The number of hydrogen-bond acceptors (Lipinski definition) is 4. The van der Waals surface area contributed by atoms with Gasteiger partial charge in [-0.15, -0.1) is 0 Å². The van der Waals surface area contributed by atoms with E-state index in [9.17, 15) is 4.79 Å². The third-order valence-corrected chi connectivity index (χ3v) is 3.90. The summed E-state index contributed by atoms with van der Waals surface area (Å²) in [4.78, 5) is 14.1. The molecule has 1 amide bonds. The number of carbonyl (C=O) groups excluding carboxylic acids is 1. The van der Waals surface area contributed by atoms with Crippen LogP contribution in [-0.4, -0.2) is 41.7 Å². The van der Waals surface area contributed by atoms with Crippen LogP contribution in [0.4, 0.5) is 11.4 Å². The molecule has 110 valence electrons. The third-order valence-electron chi connectivity index (χ3n) is 3.59. The van der Waals surface area contributed by atoms with Gasteiger partial charge in [-0.3, -0.25) is 9.69 Å². The van der Waals surface area contributed by atoms with Crippen LogP contribution in [0.15, 0.2) is 18.2 Å². The van der Waals surface area contributed by atoms with Crippen LogP contribution in [0.5, 0.6) is 0 Å². The molecule has 2 rings (SSSR count). The highest BCUT2D eigenvalue weighted by molar-refractivity contribution is 6.34. The number of nitrogens with one attached hydrogen (secondary N) is 1. The number of amides is 1. The first-order valence-electron chi connectivity index (χ1n) is 6.80. The van der Waals surface area contributed by atoms with Crippen LogP contribution in [0.25, 0.3) is 0 Å². The Bertz CT molecular complexity index is 477. The molecular weight excluding hydrogens is 278 g/mol. The summed E-state index contributed by atoms with van der Waals surface area (Å²) in [5.41, 5.74) is 6.73. The highest BCUT2D eigenvalue weighted by Gasteiger charge is 2.26. The summed E-state index contributed by atoms with van der Waals surface area (Å²) >= 11 is 6.02. The van der Waals surface area contributed by atoms with E-state index in [-0.39, 0.29) is 19.1 Å². The Labute approximate surface area is 123 Å². The van der Waals surface area contributed by atoms with Crippen LogP contribution in [0.2, 0.25) is 5.02 Å². The lowest BCUT2D eigenvalue weighted by atomic mass is 9.91. The second-order valence-corrected chi connectivity index (χ2v) is 5.47. The molecule has 4 N–H and O–H groups in total. The molecular formula is C14H20ClN3O2. The predicted molar refractivity (Wildman–Crippen MR) is 80.8 cm³/mol. The van der Waals surface area contributed by atoms with Crippen LogP contribution >= 0.6 is 11.6 Å². The second-order valence-electron chi connectivity index (χ2n) is 5.07. The van der Waals surface area contributed by atoms with Crippen molar-refractivity contribution in [2.75, 3.05) is 30.7 Å². The number of aliphatic hydroxyl groups is 1. The molecule has 6 heteroatoms. The number of hydrogen-bond donors (Lipinski definition) is 3. The van der Waals surface area contributed by atoms with Crippen LogP contribution in [0, 0.1) is 0 Å². The molecule has 20 heavy (non-hydrogen) atoms. The number of halogens is 1. The topological polar surface area (TPSA) is 78.6 Å². The van der Waals surface area contributed by atoms with Gasteiger partial charge < -0.3 is 16.2 Å². The minimum atomic E-state index is -0.128. The Balaban J connectivity index is 1.93. The lowest BCUT2D eigenvalue weighted by molar-refractivity contribution is -0.118. The lowest BCUT2D eigenvalue weighted by Crippen LogP contribution is -2.45. The molecule has 5 nitrogen and oxygen atoms in total. The van der Waals surface area contributed by atoms with E-state index in [4.69, 9.17) is 22.4 Å². The SMILES string of the molecule is Nc1ccc(NC(=O)CN(CCO)C2CCC2)c(Cl)c1. The maximum absolute atomic E-state index is 12.1. The average Bonchev–Trinajstić information content (AvgIpc) is 2.31. The molecule has 0 bridgehead atoms. The second kappa shape index (κ2) is 6.92.